The van der Waals surface area contributed by atoms with Crippen molar-refractivity contribution >= 4 is 17.6 Å². The number of hydrogen-bond acceptors (Lipinski definition) is 5. The van der Waals surface area contributed by atoms with Crippen LogP contribution < -0.4 is 5.32 Å². The Morgan fingerprint density at radius 2 is 1.62 bits per heavy atom. The van der Waals surface area contributed by atoms with Gasteiger partial charge in [0.2, 0.25) is 5.91 Å². The van der Waals surface area contributed by atoms with Crippen LogP contribution in [-0.4, -0.2) is 61.5 Å². The number of methoxy groups -OCH3 is 1. The van der Waals surface area contributed by atoms with Crippen molar-refractivity contribution in [1.82, 2.24) is 9.80 Å². The molecule has 6 nitrogen and oxygen atoms in total. The van der Waals surface area contributed by atoms with E-state index in [0.29, 0.717) is 12.1 Å². The molecular formula is C23H29N3O3. The molecular weight excluding hydrogens is 366 g/mol. The molecule has 154 valence electrons. The number of hydrogen-bond donors (Lipinski definition) is 1. The number of anilines is 1. The van der Waals surface area contributed by atoms with Crippen molar-refractivity contribution in [3.63, 3.8) is 0 Å². The molecule has 0 spiro atoms. The first-order chi connectivity index (χ1) is 14.1. The molecule has 3 rings (SSSR count). The fraction of sp³-hybridized carbons (Fsp3) is 0.391. The Balaban J connectivity index is 1.44. The lowest BCUT2D eigenvalue weighted by molar-refractivity contribution is -0.117. The number of piperazine rings is 1. The van der Waals surface area contributed by atoms with E-state index in [0.717, 1.165) is 50.4 Å². The van der Waals surface area contributed by atoms with Crippen LogP contribution in [0, 0.1) is 0 Å². The van der Waals surface area contributed by atoms with Crippen molar-refractivity contribution in [1.29, 1.82) is 0 Å². The number of benzene rings is 2. The van der Waals surface area contributed by atoms with Gasteiger partial charge in [0.1, 0.15) is 0 Å². The third-order valence-corrected chi connectivity index (χ3v) is 5.29. The summed E-state index contributed by atoms with van der Waals surface area (Å²) in [6.45, 7) is 6.90. The zero-order valence-corrected chi connectivity index (χ0v) is 17.2. The predicted molar refractivity (Wildman–Crippen MR) is 114 cm³/mol. The van der Waals surface area contributed by atoms with Crippen LogP contribution in [0.3, 0.4) is 0 Å². The zero-order valence-electron chi connectivity index (χ0n) is 17.2. The van der Waals surface area contributed by atoms with Gasteiger partial charge in [-0.3, -0.25) is 14.6 Å². The number of nitrogens with one attached hydrogen (secondary N) is 1. The number of ether oxygens (including phenoxy) is 1. The van der Waals surface area contributed by atoms with Gasteiger partial charge in [0.05, 0.1) is 19.2 Å². The molecule has 6 heteroatoms. The maximum absolute atomic E-state index is 12.4. The third-order valence-electron chi connectivity index (χ3n) is 5.29. The van der Waals surface area contributed by atoms with E-state index in [1.165, 1.54) is 12.7 Å². The first-order valence-corrected chi connectivity index (χ1v) is 10.1. The summed E-state index contributed by atoms with van der Waals surface area (Å²) in [5.41, 5.74) is 3.80. The summed E-state index contributed by atoms with van der Waals surface area (Å²) < 4.78 is 4.73. The van der Waals surface area contributed by atoms with Crippen LogP contribution in [-0.2, 0) is 22.5 Å². The summed E-state index contributed by atoms with van der Waals surface area (Å²) in [6, 6.07) is 15.5. The molecule has 29 heavy (non-hydrogen) atoms. The second-order valence-corrected chi connectivity index (χ2v) is 7.30. The summed E-state index contributed by atoms with van der Waals surface area (Å²) >= 11 is 0. The minimum atomic E-state index is -0.315. The molecule has 0 bridgehead atoms. The van der Waals surface area contributed by atoms with Gasteiger partial charge in [0, 0.05) is 38.4 Å². The lowest BCUT2D eigenvalue weighted by Gasteiger charge is -2.34. The zero-order chi connectivity index (χ0) is 20.6. The van der Waals surface area contributed by atoms with Crippen LogP contribution >= 0.6 is 0 Å². The van der Waals surface area contributed by atoms with Gasteiger partial charge < -0.3 is 10.1 Å². The number of rotatable bonds is 7. The van der Waals surface area contributed by atoms with Crippen LogP contribution in [0.15, 0.2) is 48.5 Å². The molecule has 1 fully saturated rings. The Hall–Kier alpha value is -2.70. The van der Waals surface area contributed by atoms with Crippen LogP contribution in [0.25, 0.3) is 0 Å². The number of carbonyl (C=O) groups excluding carboxylic acids is 2. The third kappa shape index (κ3) is 5.89. The van der Waals surface area contributed by atoms with E-state index in [1.807, 2.05) is 36.4 Å². The number of esters is 1. The molecule has 1 aliphatic heterocycles. The fourth-order valence-electron chi connectivity index (χ4n) is 3.57. The molecule has 0 aliphatic carbocycles. The molecule has 1 N–H and O–H groups in total. The predicted octanol–water partition coefficient (Wildman–Crippen LogP) is 2.79. The van der Waals surface area contributed by atoms with E-state index < -0.39 is 0 Å². The normalized spacial score (nSPS) is 15.1. The van der Waals surface area contributed by atoms with E-state index in [-0.39, 0.29) is 11.9 Å². The molecule has 0 atom stereocenters. The van der Waals surface area contributed by atoms with Gasteiger partial charge in [0.25, 0.3) is 0 Å². The van der Waals surface area contributed by atoms with E-state index in [2.05, 4.69) is 22.0 Å². The minimum Gasteiger partial charge on any atom is -0.465 e. The molecule has 1 aliphatic rings. The average molecular weight is 396 g/mol. The molecule has 1 amide bonds. The summed E-state index contributed by atoms with van der Waals surface area (Å²) in [5, 5.41) is 3.05. The quantitative estimate of drug-likeness (QED) is 0.731. The van der Waals surface area contributed by atoms with Crippen LogP contribution in [0.1, 0.15) is 28.4 Å². The van der Waals surface area contributed by atoms with Gasteiger partial charge in [-0.15, -0.1) is 0 Å². The SMILES string of the molecule is CCc1ccccc1NC(=O)CN1CCN(Cc2ccc(C(=O)OC)cc2)CC1. The Morgan fingerprint density at radius 3 is 2.28 bits per heavy atom. The van der Waals surface area contributed by atoms with E-state index in [1.54, 1.807) is 12.1 Å². The Kier molecular flexibility index (Phi) is 7.38. The van der Waals surface area contributed by atoms with E-state index in [4.69, 9.17) is 4.74 Å². The molecule has 0 unspecified atom stereocenters. The Bertz CT molecular complexity index is 828. The molecule has 2 aromatic carbocycles. The topological polar surface area (TPSA) is 61.9 Å². The van der Waals surface area contributed by atoms with E-state index >= 15 is 0 Å². The monoisotopic (exact) mass is 395 g/mol. The summed E-state index contributed by atoms with van der Waals surface area (Å²) in [7, 11) is 1.39. The highest BCUT2D eigenvalue weighted by atomic mass is 16.5. The molecule has 0 aromatic heterocycles. The molecule has 1 heterocycles. The van der Waals surface area contributed by atoms with Crippen molar-refractivity contribution in [2.75, 3.05) is 45.2 Å². The highest BCUT2D eigenvalue weighted by Crippen LogP contribution is 2.16. The number of aryl methyl sites for hydroxylation is 1. The lowest BCUT2D eigenvalue weighted by Crippen LogP contribution is -2.48. The lowest BCUT2D eigenvalue weighted by atomic mass is 10.1. The maximum atomic E-state index is 12.4. The first-order valence-electron chi connectivity index (χ1n) is 10.1. The second-order valence-electron chi connectivity index (χ2n) is 7.30. The molecule has 0 radical (unpaired) electrons. The van der Waals surface area contributed by atoms with Gasteiger partial charge in [0.15, 0.2) is 0 Å². The molecule has 1 saturated heterocycles. The van der Waals surface area contributed by atoms with Crippen LogP contribution in [0.2, 0.25) is 0 Å². The standard InChI is InChI=1S/C23H29N3O3/c1-3-19-6-4-5-7-21(19)24-22(27)17-26-14-12-25(13-15-26)16-18-8-10-20(11-9-18)23(28)29-2/h4-11H,3,12-17H2,1-2H3,(H,24,27). The van der Waals surface area contributed by atoms with Crippen molar-refractivity contribution < 1.29 is 14.3 Å². The number of para-hydroxylation sites is 1. The molecule has 0 saturated carbocycles. The summed E-state index contributed by atoms with van der Waals surface area (Å²) in [5.74, 6) is -0.275. The highest BCUT2D eigenvalue weighted by molar-refractivity contribution is 5.93. The van der Waals surface area contributed by atoms with Crippen molar-refractivity contribution in [3.05, 3.63) is 65.2 Å². The van der Waals surface area contributed by atoms with Gasteiger partial charge in [-0.2, -0.15) is 0 Å². The van der Waals surface area contributed by atoms with Crippen LogP contribution in [0.5, 0.6) is 0 Å². The Morgan fingerprint density at radius 1 is 0.966 bits per heavy atom. The number of nitrogens with zero attached hydrogens (tertiary/aromatic N) is 2. The Labute approximate surface area is 172 Å². The number of carbonyl (C=O) groups is 2. The maximum Gasteiger partial charge on any atom is 0.337 e. The first kappa shape index (κ1) is 21.0. The second kappa shape index (κ2) is 10.2. The van der Waals surface area contributed by atoms with Crippen molar-refractivity contribution in [2.24, 2.45) is 0 Å². The summed E-state index contributed by atoms with van der Waals surface area (Å²) in [6.07, 6.45) is 0.899. The van der Waals surface area contributed by atoms with Gasteiger partial charge >= 0.3 is 5.97 Å². The van der Waals surface area contributed by atoms with Crippen LogP contribution in [0.4, 0.5) is 5.69 Å². The summed E-state index contributed by atoms with van der Waals surface area (Å²) in [4.78, 5) is 28.5. The highest BCUT2D eigenvalue weighted by Gasteiger charge is 2.19. The van der Waals surface area contributed by atoms with Crippen molar-refractivity contribution in [2.45, 2.75) is 19.9 Å². The fourth-order valence-corrected chi connectivity index (χ4v) is 3.57. The number of amides is 1. The van der Waals surface area contributed by atoms with Crippen molar-refractivity contribution in [3.8, 4) is 0 Å². The van der Waals surface area contributed by atoms with Gasteiger partial charge in [-0.05, 0) is 35.7 Å². The minimum absolute atomic E-state index is 0.0396. The van der Waals surface area contributed by atoms with Gasteiger partial charge in [-0.1, -0.05) is 37.3 Å². The molecule has 2 aromatic rings. The van der Waals surface area contributed by atoms with E-state index in [9.17, 15) is 9.59 Å². The van der Waals surface area contributed by atoms with Gasteiger partial charge in [-0.25, -0.2) is 4.79 Å². The average Bonchev–Trinajstić information content (AvgIpc) is 2.75. The smallest absolute Gasteiger partial charge is 0.337 e. The largest absolute Gasteiger partial charge is 0.465 e.